The first-order chi connectivity index (χ1) is 14.1. The van der Waals surface area contributed by atoms with Gasteiger partial charge < -0.3 is 19.6 Å². The van der Waals surface area contributed by atoms with E-state index >= 15 is 0 Å². The van der Waals surface area contributed by atoms with Crippen LogP contribution in [0.2, 0.25) is 0 Å². The maximum Gasteiger partial charge on any atom is 0.246 e. The van der Waals surface area contributed by atoms with E-state index in [4.69, 9.17) is 9.57 Å². The third kappa shape index (κ3) is 4.11. The Morgan fingerprint density at radius 1 is 1.21 bits per heavy atom. The number of hydrogen-bond acceptors (Lipinski definition) is 5. The van der Waals surface area contributed by atoms with Gasteiger partial charge in [0.15, 0.2) is 11.5 Å². The molecule has 0 saturated carbocycles. The Labute approximate surface area is 170 Å². The first-order valence-corrected chi connectivity index (χ1v) is 9.73. The van der Waals surface area contributed by atoms with Crippen molar-refractivity contribution in [3.63, 3.8) is 0 Å². The number of oxime groups is 1. The number of benzene rings is 2. The van der Waals surface area contributed by atoms with E-state index in [1.165, 1.54) is 7.11 Å². The highest BCUT2D eigenvalue weighted by atomic mass is 16.7. The number of hydrogen-bond donors (Lipinski definition) is 1. The van der Waals surface area contributed by atoms with Gasteiger partial charge in [-0.05, 0) is 29.3 Å². The second-order valence-corrected chi connectivity index (χ2v) is 7.44. The number of phenols is 1. The number of carbonyl (C=O) groups is 1. The van der Waals surface area contributed by atoms with E-state index in [1.54, 1.807) is 30.4 Å². The molecule has 1 spiro atoms. The molecule has 2 aliphatic heterocycles. The molecule has 6 heteroatoms. The predicted octanol–water partition coefficient (Wildman–Crippen LogP) is 3.60. The fourth-order valence-corrected chi connectivity index (χ4v) is 3.78. The van der Waals surface area contributed by atoms with Gasteiger partial charge in [-0.25, -0.2) is 0 Å². The lowest BCUT2D eigenvalue weighted by molar-refractivity contribution is -0.131. The summed E-state index contributed by atoms with van der Waals surface area (Å²) in [7, 11) is 1.50. The number of phenolic OH excluding ortho intramolecular Hbond substituents is 1. The van der Waals surface area contributed by atoms with Crippen LogP contribution < -0.4 is 4.74 Å². The monoisotopic (exact) mass is 392 g/mol. The molecule has 0 aliphatic carbocycles. The minimum Gasteiger partial charge on any atom is -0.504 e. The number of likely N-dealkylation sites (tertiary alicyclic amines) is 1. The summed E-state index contributed by atoms with van der Waals surface area (Å²) in [6.07, 6.45) is 5.60. The van der Waals surface area contributed by atoms with Gasteiger partial charge in [-0.1, -0.05) is 41.6 Å². The van der Waals surface area contributed by atoms with Crippen molar-refractivity contribution in [1.29, 1.82) is 0 Å². The molecule has 1 fully saturated rings. The molecule has 150 valence electrons. The summed E-state index contributed by atoms with van der Waals surface area (Å²) in [4.78, 5) is 20.2. The Bertz CT molecular complexity index is 945. The van der Waals surface area contributed by atoms with Crippen LogP contribution in [0.4, 0.5) is 0 Å². The molecular weight excluding hydrogens is 368 g/mol. The van der Waals surface area contributed by atoms with Crippen LogP contribution in [-0.4, -0.2) is 47.4 Å². The molecule has 0 atom stereocenters. The topological polar surface area (TPSA) is 71.4 Å². The van der Waals surface area contributed by atoms with E-state index in [0.717, 1.165) is 36.1 Å². The first kappa shape index (κ1) is 19.1. The Hall–Kier alpha value is -3.28. The summed E-state index contributed by atoms with van der Waals surface area (Å²) >= 11 is 0. The summed E-state index contributed by atoms with van der Waals surface area (Å²) < 4.78 is 5.10. The highest BCUT2D eigenvalue weighted by Gasteiger charge is 2.42. The average Bonchev–Trinajstić information content (AvgIpc) is 3.17. The third-order valence-electron chi connectivity index (χ3n) is 5.55. The summed E-state index contributed by atoms with van der Waals surface area (Å²) in [6.45, 7) is 1.28. The lowest BCUT2D eigenvalue weighted by Crippen LogP contribution is -2.46. The molecule has 2 heterocycles. The number of nitrogens with zero attached hydrogens (tertiary/aromatic N) is 2. The van der Waals surface area contributed by atoms with Gasteiger partial charge in [-0.15, -0.1) is 0 Å². The van der Waals surface area contributed by atoms with Gasteiger partial charge in [0.05, 0.1) is 12.8 Å². The summed E-state index contributed by atoms with van der Waals surface area (Å²) in [5, 5.41) is 14.0. The number of carbonyl (C=O) groups excluding carboxylic acids is 1. The normalized spacial score (nSPS) is 18.0. The van der Waals surface area contributed by atoms with Crippen molar-refractivity contribution in [2.24, 2.45) is 5.16 Å². The van der Waals surface area contributed by atoms with Crippen molar-refractivity contribution in [3.05, 3.63) is 65.7 Å². The number of piperidine rings is 1. The molecule has 0 bridgehead atoms. The molecule has 1 amide bonds. The molecule has 2 aromatic rings. The second-order valence-electron chi connectivity index (χ2n) is 7.44. The van der Waals surface area contributed by atoms with Gasteiger partial charge in [0, 0.05) is 38.4 Å². The SMILES string of the molecule is COc1cc(C=CC(=O)N2CCC3(CC2)CC(c2ccccc2)=NO3)ccc1O. The van der Waals surface area contributed by atoms with Crippen LogP contribution in [0.5, 0.6) is 11.5 Å². The van der Waals surface area contributed by atoms with Crippen LogP contribution in [-0.2, 0) is 9.63 Å². The van der Waals surface area contributed by atoms with Crippen molar-refractivity contribution in [2.45, 2.75) is 24.9 Å². The molecule has 0 unspecified atom stereocenters. The molecule has 0 aromatic heterocycles. The van der Waals surface area contributed by atoms with Crippen LogP contribution in [0.1, 0.15) is 30.4 Å². The van der Waals surface area contributed by atoms with Crippen LogP contribution >= 0.6 is 0 Å². The van der Waals surface area contributed by atoms with Gasteiger partial charge in [0.1, 0.15) is 5.60 Å². The standard InChI is InChI=1S/C23H24N2O4/c1-28-21-15-17(7-9-20(21)26)8-10-22(27)25-13-11-23(12-14-25)16-19(24-29-23)18-5-3-2-4-6-18/h2-10,15,26H,11-14,16H2,1H3. The van der Waals surface area contributed by atoms with Crippen molar-refractivity contribution in [2.75, 3.05) is 20.2 Å². The van der Waals surface area contributed by atoms with E-state index in [9.17, 15) is 9.90 Å². The average molecular weight is 392 g/mol. The van der Waals surface area contributed by atoms with E-state index in [1.807, 2.05) is 35.2 Å². The fraction of sp³-hybridized carbons (Fsp3) is 0.304. The molecule has 2 aliphatic rings. The maximum atomic E-state index is 12.6. The van der Waals surface area contributed by atoms with Crippen LogP contribution in [0.25, 0.3) is 6.08 Å². The summed E-state index contributed by atoms with van der Waals surface area (Å²) in [5.41, 5.74) is 2.57. The van der Waals surface area contributed by atoms with E-state index < -0.39 is 0 Å². The molecule has 29 heavy (non-hydrogen) atoms. The zero-order chi connectivity index (χ0) is 20.3. The van der Waals surface area contributed by atoms with Crippen molar-refractivity contribution in [1.82, 2.24) is 4.90 Å². The van der Waals surface area contributed by atoms with Crippen molar-refractivity contribution in [3.8, 4) is 11.5 Å². The highest BCUT2D eigenvalue weighted by Crippen LogP contribution is 2.36. The summed E-state index contributed by atoms with van der Waals surface area (Å²) in [6, 6.07) is 15.1. The zero-order valence-electron chi connectivity index (χ0n) is 16.4. The van der Waals surface area contributed by atoms with Crippen LogP contribution in [0.3, 0.4) is 0 Å². The van der Waals surface area contributed by atoms with Crippen LogP contribution in [0.15, 0.2) is 59.8 Å². The number of rotatable bonds is 4. The number of methoxy groups -OCH3 is 1. The fourth-order valence-electron chi connectivity index (χ4n) is 3.78. The number of ether oxygens (including phenoxy) is 1. The lowest BCUT2D eigenvalue weighted by atomic mass is 9.85. The van der Waals surface area contributed by atoms with E-state index in [0.29, 0.717) is 18.8 Å². The maximum absolute atomic E-state index is 12.6. The van der Waals surface area contributed by atoms with Gasteiger partial charge in [-0.3, -0.25) is 4.79 Å². The molecule has 6 nitrogen and oxygen atoms in total. The summed E-state index contributed by atoms with van der Waals surface area (Å²) in [5.74, 6) is 0.423. The van der Waals surface area contributed by atoms with Gasteiger partial charge in [0.25, 0.3) is 0 Å². The molecule has 2 aromatic carbocycles. The molecule has 1 N–H and O–H groups in total. The number of aromatic hydroxyl groups is 1. The Balaban J connectivity index is 1.33. The second kappa shape index (κ2) is 7.99. The van der Waals surface area contributed by atoms with Crippen LogP contribution in [0, 0.1) is 0 Å². The molecule has 4 rings (SSSR count). The van der Waals surface area contributed by atoms with Gasteiger partial charge >= 0.3 is 0 Å². The Morgan fingerprint density at radius 2 is 1.97 bits per heavy atom. The smallest absolute Gasteiger partial charge is 0.246 e. The lowest BCUT2D eigenvalue weighted by Gasteiger charge is -2.36. The largest absolute Gasteiger partial charge is 0.504 e. The first-order valence-electron chi connectivity index (χ1n) is 9.73. The quantitative estimate of drug-likeness (QED) is 0.807. The molecule has 0 radical (unpaired) electrons. The Kier molecular flexibility index (Phi) is 5.25. The zero-order valence-corrected chi connectivity index (χ0v) is 16.4. The Morgan fingerprint density at radius 3 is 2.69 bits per heavy atom. The minimum atomic E-state index is -0.296. The molecular formula is C23H24N2O4. The minimum absolute atomic E-state index is 0.0333. The van der Waals surface area contributed by atoms with Gasteiger partial charge in [0.2, 0.25) is 5.91 Å². The number of amides is 1. The van der Waals surface area contributed by atoms with Crippen molar-refractivity contribution >= 4 is 17.7 Å². The van der Waals surface area contributed by atoms with E-state index in [2.05, 4.69) is 5.16 Å². The van der Waals surface area contributed by atoms with E-state index in [-0.39, 0.29) is 17.3 Å². The predicted molar refractivity (Wildman–Crippen MR) is 111 cm³/mol. The van der Waals surface area contributed by atoms with Crippen molar-refractivity contribution < 1.29 is 19.5 Å². The third-order valence-corrected chi connectivity index (χ3v) is 5.55. The highest BCUT2D eigenvalue weighted by molar-refractivity contribution is 6.01. The van der Waals surface area contributed by atoms with Gasteiger partial charge in [-0.2, -0.15) is 0 Å². The molecule has 1 saturated heterocycles.